The zero-order valence-corrected chi connectivity index (χ0v) is 11.1. The van der Waals surface area contributed by atoms with E-state index < -0.39 is 21.2 Å². The standard InChI is InChI=1S/C9H14N2O4S2/c1-6-5-16-8(11-6)3-4-10-17(14,15)7(2)9(12)13/h5,7,10H,3-4H2,1-2H3,(H,12,13). The number of hydrogen-bond acceptors (Lipinski definition) is 5. The van der Waals surface area contributed by atoms with E-state index in [1.54, 1.807) is 0 Å². The first-order valence-corrected chi connectivity index (χ1v) is 7.38. The molecule has 1 rings (SSSR count). The third-order valence-corrected chi connectivity index (χ3v) is 4.89. The molecule has 0 saturated carbocycles. The summed E-state index contributed by atoms with van der Waals surface area (Å²) in [4.78, 5) is 14.7. The summed E-state index contributed by atoms with van der Waals surface area (Å²) in [6.45, 7) is 3.15. The molecule has 1 atom stereocenters. The van der Waals surface area contributed by atoms with Crippen LogP contribution in [0.25, 0.3) is 0 Å². The maximum absolute atomic E-state index is 11.5. The van der Waals surface area contributed by atoms with Gasteiger partial charge in [0, 0.05) is 24.0 Å². The van der Waals surface area contributed by atoms with E-state index in [-0.39, 0.29) is 6.54 Å². The van der Waals surface area contributed by atoms with Crippen molar-refractivity contribution < 1.29 is 18.3 Å². The smallest absolute Gasteiger partial charge is 0.323 e. The van der Waals surface area contributed by atoms with Gasteiger partial charge in [0.15, 0.2) is 5.25 Å². The van der Waals surface area contributed by atoms with Crippen molar-refractivity contribution in [2.24, 2.45) is 0 Å². The van der Waals surface area contributed by atoms with Gasteiger partial charge < -0.3 is 5.11 Å². The van der Waals surface area contributed by atoms with Crippen LogP contribution in [0.5, 0.6) is 0 Å². The summed E-state index contributed by atoms with van der Waals surface area (Å²) in [6, 6.07) is 0. The molecule has 17 heavy (non-hydrogen) atoms. The van der Waals surface area contributed by atoms with Crippen molar-refractivity contribution in [1.82, 2.24) is 9.71 Å². The topological polar surface area (TPSA) is 96.4 Å². The second kappa shape index (κ2) is 5.56. The number of hydrogen-bond donors (Lipinski definition) is 2. The molecule has 0 saturated heterocycles. The van der Waals surface area contributed by atoms with Crippen LogP contribution in [0.1, 0.15) is 17.6 Å². The van der Waals surface area contributed by atoms with Gasteiger partial charge in [-0.1, -0.05) is 0 Å². The van der Waals surface area contributed by atoms with E-state index in [4.69, 9.17) is 5.11 Å². The van der Waals surface area contributed by atoms with Crippen LogP contribution >= 0.6 is 11.3 Å². The average Bonchev–Trinajstić information content (AvgIpc) is 2.62. The summed E-state index contributed by atoms with van der Waals surface area (Å²) < 4.78 is 25.2. The van der Waals surface area contributed by atoms with Gasteiger partial charge >= 0.3 is 5.97 Å². The lowest BCUT2D eigenvalue weighted by atomic mass is 10.4. The number of thiazole rings is 1. The summed E-state index contributed by atoms with van der Waals surface area (Å²) in [7, 11) is -3.80. The number of aromatic nitrogens is 1. The maximum Gasteiger partial charge on any atom is 0.323 e. The molecule has 6 nitrogen and oxygen atoms in total. The van der Waals surface area contributed by atoms with E-state index in [1.165, 1.54) is 11.3 Å². The Hall–Kier alpha value is -0.990. The van der Waals surface area contributed by atoms with Crippen molar-refractivity contribution in [2.75, 3.05) is 6.54 Å². The van der Waals surface area contributed by atoms with Gasteiger partial charge in [-0.3, -0.25) is 4.79 Å². The van der Waals surface area contributed by atoms with Gasteiger partial charge in [0.05, 0.1) is 5.01 Å². The highest BCUT2D eigenvalue weighted by atomic mass is 32.2. The number of carbonyl (C=O) groups is 1. The predicted octanol–water partition coefficient (Wildman–Crippen LogP) is 0.387. The minimum absolute atomic E-state index is 0.160. The van der Waals surface area contributed by atoms with Gasteiger partial charge in [0.2, 0.25) is 10.0 Å². The highest BCUT2D eigenvalue weighted by molar-refractivity contribution is 7.90. The fourth-order valence-corrected chi connectivity index (χ4v) is 2.75. The molecule has 0 bridgehead atoms. The minimum atomic E-state index is -3.80. The first-order chi connectivity index (χ1) is 7.83. The minimum Gasteiger partial charge on any atom is -0.480 e. The van der Waals surface area contributed by atoms with Gasteiger partial charge in [-0.2, -0.15) is 0 Å². The van der Waals surface area contributed by atoms with Crippen molar-refractivity contribution in [3.63, 3.8) is 0 Å². The lowest BCUT2D eigenvalue weighted by Crippen LogP contribution is -2.38. The molecule has 0 aromatic carbocycles. The van der Waals surface area contributed by atoms with Crippen LogP contribution in [-0.4, -0.2) is 36.3 Å². The van der Waals surface area contributed by atoms with E-state index in [2.05, 4.69) is 9.71 Å². The zero-order valence-electron chi connectivity index (χ0n) is 9.50. The molecular formula is C9H14N2O4S2. The van der Waals surface area contributed by atoms with E-state index in [0.717, 1.165) is 17.6 Å². The molecule has 1 unspecified atom stereocenters. The fraction of sp³-hybridized carbons (Fsp3) is 0.556. The average molecular weight is 278 g/mol. The second-order valence-corrected chi connectivity index (χ2v) is 6.58. The molecule has 0 spiro atoms. The van der Waals surface area contributed by atoms with Gasteiger partial charge in [-0.05, 0) is 13.8 Å². The third kappa shape index (κ3) is 4.06. The number of nitrogens with one attached hydrogen (secondary N) is 1. The van der Waals surface area contributed by atoms with Gasteiger partial charge in [0.1, 0.15) is 0 Å². The number of carboxylic acids is 1. The van der Waals surface area contributed by atoms with Crippen LogP contribution in [0.4, 0.5) is 0 Å². The van der Waals surface area contributed by atoms with E-state index in [1.807, 2.05) is 12.3 Å². The Balaban J connectivity index is 2.48. The Morgan fingerprint density at radius 1 is 1.65 bits per heavy atom. The Kier molecular flexibility index (Phi) is 4.61. The highest BCUT2D eigenvalue weighted by Gasteiger charge is 2.26. The van der Waals surface area contributed by atoms with E-state index in [0.29, 0.717) is 6.42 Å². The molecule has 1 aromatic rings. The molecule has 0 aliphatic rings. The Labute approximate surface area is 104 Å². The molecule has 1 aromatic heterocycles. The number of rotatable bonds is 6. The third-order valence-electron chi connectivity index (χ3n) is 2.12. The number of nitrogens with zero attached hydrogens (tertiary/aromatic N) is 1. The van der Waals surface area contributed by atoms with Gasteiger partial charge in [0.25, 0.3) is 0 Å². The van der Waals surface area contributed by atoms with Crippen molar-refractivity contribution in [1.29, 1.82) is 0 Å². The zero-order chi connectivity index (χ0) is 13.1. The van der Waals surface area contributed by atoms with Crippen LogP contribution in [-0.2, 0) is 21.2 Å². The molecule has 0 radical (unpaired) electrons. The fourth-order valence-electron chi connectivity index (χ4n) is 1.08. The molecular weight excluding hydrogens is 264 g/mol. The van der Waals surface area contributed by atoms with Crippen molar-refractivity contribution in [3.05, 3.63) is 16.1 Å². The van der Waals surface area contributed by atoms with Gasteiger partial charge in [-0.25, -0.2) is 18.1 Å². The molecule has 0 aliphatic carbocycles. The monoisotopic (exact) mass is 278 g/mol. The van der Waals surface area contributed by atoms with Gasteiger partial charge in [-0.15, -0.1) is 11.3 Å². The summed E-state index contributed by atoms with van der Waals surface area (Å²) in [5.41, 5.74) is 0.895. The van der Waals surface area contributed by atoms with Crippen molar-refractivity contribution in [2.45, 2.75) is 25.5 Å². The highest BCUT2D eigenvalue weighted by Crippen LogP contribution is 2.09. The van der Waals surface area contributed by atoms with Crippen LogP contribution in [0.2, 0.25) is 0 Å². The predicted molar refractivity (Wildman–Crippen MR) is 64.6 cm³/mol. The molecule has 1 heterocycles. The normalized spacial score (nSPS) is 13.5. The molecule has 8 heteroatoms. The lowest BCUT2D eigenvalue weighted by Gasteiger charge is -2.08. The summed E-state index contributed by atoms with van der Waals surface area (Å²) >= 11 is 1.45. The van der Waals surface area contributed by atoms with Crippen molar-refractivity contribution >= 4 is 27.3 Å². The van der Waals surface area contributed by atoms with E-state index >= 15 is 0 Å². The molecule has 0 fully saturated rings. The summed E-state index contributed by atoms with van der Waals surface area (Å²) in [6.07, 6.45) is 0.462. The Morgan fingerprint density at radius 2 is 2.29 bits per heavy atom. The largest absolute Gasteiger partial charge is 0.480 e. The summed E-state index contributed by atoms with van der Waals surface area (Å²) in [5, 5.41) is 9.87. The quantitative estimate of drug-likeness (QED) is 0.784. The number of aryl methyl sites for hydroxylation is 1. The lowest BCUT2D eigenvalue weighted by molar-refractivity contribution is -0.136. The van der Waals surface area contributed by atoms with E-state index in [9.17, 15) is 13.2 Å². The van der Waals surface area contributed by atoms with Crippen LogP contribution < -0.4 is 4.72 Å². The number of sulfonamides is 1. The number of aliphatic carboxylic acids is 1. The SMILES string of the molecule is Cc1csc(CCNS(=O)(=O)C(C)C(=O)O)n1. The Bertz CT molecular complexity index is 495. The van der Waals surface area contributed by atoms with Crippen LogP contribution in [0.15, 0.2) is 5.38 Å². The first kappa shape index (κ1) is 14.1. The summed E-state index contributed by atoms with van der Waals surface area (Å²) in [5.74, 6) is -1.36. The Morgan fingerprint density at radius 3 is 2.76 bits per heavy atom. The van der Waals surface area contributed by atoms with Crippen molar-refractivity contribution in [3.8, 4) is 0 Å². The molecule has 0 aliphatic heterocycles. The maximum atomic E-state index is 11.5. The number of carboxylic acid groups (broad SMARTS) is 1. The second-order valence-electron chi connectivity index (χ2n) is 3.55. The molecule has 96 valence electrons. The van der Waals surface area contributed by atoms with Crippen LogP contribution in [0.3, 0.4) is 0 Å². The molecule has 0 amide bonds. The molecule has 2 N–H and O–H groups in total. The first-order valence-electron chi connectivity index (χ1n) is 4.95. The van der Waals surface area contributed by atoms with Crippen LogP contribution in [0, 0.1) is 6.92 Å².